The first kappa shape index (κ1) is 13.6. The highest BCUT2D eigenvalue weighted by Gasteiger charge is 2.37. The van der Waals surface area contributed by atoms with Crippen molar-refractivity contribution in [3.8, 4) is 0 Å². The summed E-state index contributed by atoms with van der Waals surface area (Å²) in [5, 5.41) is 0. The van der Waals surface area contributed by atoms with Crippen LogP contribution in [0.2, 0.25) is 0 Å². The first-order chi connectivity index (χ1) is 7.80. The molecule has 94 valence electrons. The van der Waals surface area contributed by atoms with Crippen molar-refractivity contribution >= 4 is 5.97 Å². The molecule has 2 N–H and O–H groups in total. The van der Waals surface area contributed by atoms with E-state index in [-0.39, 0.29) is 0 Å². The predicted molar refractivity (Wildman–Crippen MR) is 63.9 cm³/mol. The second-order valence-corrected chi connectivity index (χ2v) is 4.72. The molecule has 0 aromatic heterocycles. The Morgan fingerprint density at radius 1 is 1.47 bits per heavy atom. The molecule has 0 spiro atoms. The summed E-state index contributed by atoms with van der Waals surface area (Å²) in [7, 11) is 1.30. The molecule has 0 aliphatic rings. The van der Waals surface area contributed by atoms with Crippen molar-refractivity contribution in [2.24, 2.45) is 11.1 Å². The summed E-state index contributed by atoms with van der Waals surface area (Å²) < 4.78 is 18.4. The first-order valence-electron chi connectivity index (χ1n) is 5.40. The fourth-order valence-electron chi connectivity index (χ4n) is 1.68. The van der Waals surface area contributed by atoms with Gasteiger partial charge in [0, 0.05) is 11.6 Å². The molecular weight excluding hydrogens is 221 g/mol. The molecule has 3 nitrogen and oxygen atoms in total. The zero-order chi connectivity index (χ0) is 13.2. The molecule has 1 aromatic carbocycles. The molecule has 17 heavy (non-hydrogen) atoms. The molecule has 1 rings (SSSR count). The van der Waals surface area contributed by atoms with Gasteiger partial charge in [0.1, 0.15) is 5.82 Å². The highest BCUT2D eigenvalue weighted by Crippen LogP contribution is 2.34. The molecule has 0 saturated heterocycles. The van der Waals surface area contributed by atoms with Crippen molar-refractivity contribution in [3.05, 3.63) is 35.1 Å². The number of benzene rings is 1. The number of carbonyl (C=O) groups is 1. The third-order valence-electron chi connectivity index (χ3n) is 2.98. The summed E-state index contributed by atoms with van der Waals surface area (Å²) in [6, 6.07) is 3.94. The van der Waals surface area contributed by atoms with Crippen molar-refractivity contribution in [1.29, 1.82) is 0 Å². The summed E-state index contributed by atoms with van der Waals surface area (Å²) in [5.41, 5.74) is 6.24. The van der Waals surface area contributed by atoms with Gasteiger partial charge in [0.05, 0.1) is 12.5 Å². The minimum absolute atomic E-state index is 0.334. The molecule has 0 fully saturated rings. The Bertz CT molecular complexity index is 429. The fraction of sp³-hybridized carbons (Fsp3) is 0.462. The number of carbonyl (C=O) groups excluding carboxylic acids is 1. The molecule has 0 saturated carbocycles. The van der Waals surface area contributed by atoms with Crippen molar-refractivity contribution in [2.75, 3.05) is 7.11 Å². The second kappa shape index (κ2) is 4.84. The lowest BCUT2D eigenvalue weighted by Crippen LogP contribution is -2.37. The summed E-state index contributed by atoms with van der Waals surface area (Å²) in [4.78, 5) is 11.6. The Labute approximate surface area is 101 Å². The van der Waals surface area contributed by atoms with Gasteiger partial charge >= 0.3 is 5.97 Å². The molecule has 0 amide bonds. The van der Waals surface area contributed by atoms with Gasteiger partial charge in [-0.1, -0.05) is 17.7 Å². The smallest absolute Gasteiger partial charge is 0.313 e. The number of halogens is 1. The Morgan fingerprint density at radius 2 is 2.06 bits per heavy atom. The molecule has 1 atom stereocenters. The van der Waals surface area contributed by atoms with Gasteiger partial charge in [0.2, 0.25) is 0 Å². The van der Waals surface area contributed by atoms with Gasteiger partial charge in [-0.25, -0.2) is 4.39 Å². The van der Waals surface area contributed by atoms with E-state index < -0.39 is 23.2 Å². The highest BCUT2D eigenvalue weighted by atomic mass is 19.1. The lowest BCUT2D eigenvalue weighted by atomic mass is 9.80. The van der Waals surface area contributed by atoms with Gasteiger partial charge in [-0.3, -0.25) is 4.79 Å². The van der Waals surface area contributed by atoms with Crippen LogP contribution < -0.4 is 5.73 Å². The monoisotopic (exact) mass is 239 g/mol. The van der Waals surface area contributed by atoms with Crippen LogP contribution in [0.3, 0.4) is 0 Å². The number of hydrogen-bond acceptors (Lipinski definition) is 3. The molecular formula is C13H18FNO2. The van der Waals surface area contributed by atoms with Gasteiger partial charge < -0.3 is 10.5 Å². The van der Waals surface area contributed by atoms with E-state index in [1.54, 1.807) is 26.0 Å². The lowest BCUT2D eigenvalue weighted by Gasteiger charge is -2.29. The lowest BCUT2D eigenvalue weighted by molar-refractivity contribution is -0.152. The van der Waals surface area contributed by atoms with Crippen LogP contribution in [0, 0.1) is 18.2 Å². The summed E-state index contributed by atoms with van der Waals surface area (Å²) >= 11 is 0. The first-order valence-corrected chi connectivity index (χ1v) is 5.40. The average Bonchev–Trinajstić information content (AvgIpc) is 2.30. The van der Waals surface area contributed by atoms with Gasteiger partial charge in [0.25, 0.3) is 0 Å². The number of ether oxygens (including phenoxy) is 1. The maximum atomic E-state index is 13.7. The quantitative estimate of drug-likeness (QED) is 0.824. The number of aryl methyl sites for hydroxylation is 1. The highest BCUT2D eigenvalue weighted by molar-refractivity contribution is 5.77. The van der Waals surface area contributed by atoms with Gasteiger partial charge in [0.15, 0.2) is 0 Å². The molecule has 1 aromatic rings. The minimum Gasteiger partial charge on any atom is -0.469 e. The zero-order valence-electron chi connectivity index (χ0n) is 10.6. The van der Waals surface area contributed by atoms with Crippen molar-refractivity contribution < 1.29 is 13.9 Å². The van der Waals surface area contributed by atoms with E-state index in [9.17, 15) is 9.18 Å². The Hall–Kier alpha value is -1.42. The summed E-state index contributed by atoms with van der Waals surface area (Å²) in [6.07, 6.45) is 0. The maximum absolute atomic E-state index is 13.7. The maximum Gasteiger partial charge on any atom is 0.313 e. The van der Waals surface area contributed by atoms with Gasteiger partial charge in [-0.05, 0) is 26.8 Å². The number of rotatable bonds is 3. The summed E-state index contributed by atoms with van der Waals surface area (Å²) in [5.74, 6) is -0.856. The second-order valence-electron chi connectivity index (χ2n) is 4.72. The van der Waals surface area contributed by atoms with E-state index >= 15 is 0 Å². The van der Waals surface area contributed by atoms with Gasteiger partial charge in [-0.15, -0.1) is 0 Å². The number of hydrogen-bond donors (Lipinski definition) is 1. The van der Waals surface area contributed by atoms with Crippen LogP contribution >= 0.6 is 0 Å². The molecule has 0 bridgehead atoms. The van der Waals surface area contributed by atoms with Crippen LogP contribution in [-0.4, -0.2) is 13.1 Å². The van der Waals surface area contributed by atoms with Crippen LogP contribution in [0.25, 0.3) is 0 Å². The molecule has 0 unspecified atom stereocenters. The van der Waals surface area contributed by atoms with E-state index in [0.29, 0.717) is 5.56 Å². The number of nitrogens with two attached hydrogens (primary N) is 1. The standard InChI is InChI=1S/C13H18FNO2/c1-8-5-6-10(14)9(7-8)11(15)13(2,3)12(16)17-4/h5-7,11H,15H2,1-4H3/t11-/m1/s1. The van der Waals surface area contributed by atoms with E-state index in [2.05, 4.69) is 4.74 Å². The van der Waals surface area contributed by atoms with Crippen LogP contribution in [0.1, 0.15) is 31.0 Å². The van der Waals surface area contributed by atoms with Crippen LogP contribution in [0.15, 0.2) is 18.2 Å². The Morgan fingerprint density at radius 3 is 2.59 bits per heavy atom. The minimum atomic E-state index is -0.969. The topological polar surface area (TPSA) is 52.3 Å². The number of methoxy groups -OCH3 is 1. The Balaban J connectivity index is 3.15. The summed E-state index contributed by atoms with van der Waals surface area (Å²) in [6.45, 7) is 5.14. The normalized spacial score (nSPS) is 13.3. The van der Waals surface area contributed by atoms with E-state index in [4.69, 9.17) is 5.73 Å². The zero-order valence-corrected chi connectivity index (χ0v) is 10.6. The van der Waals surface area contributed by atoms with Gasteiger partial charge in [-0.2, -0.15) is 0 Å². The molecule has 0 heterocycles. The van der Waals surface area contributed by atoms with Crippen LogP contribution in [-0.2, 0) is 9.53 Å². The van der Waals surface area contributed by atoms with E-state index in [1.807, 2.05) is 6.92 Å². The average molecular weight is 239 g/mol. The Kier molecular flexibility index (Phi) is 3.88. The van der Waals surface area contributed by atoms with Crippen molar-refractivity contribution in [3.63, 3.8) is 0 Å². The fourth-order valence-corrected chi connectivity index (χ4v) is 1.68. The molecule has 0 aliphatic carbocycles. The largest absolute Gasteiger partial charge is 0.469 e. The molecule has 0 aliphatic heterocycles. The third kappa shape index (κ3) is 2.64. The SMILES string of the molecule is COC(=O)C(C)(C)[C@H](N)c1cc(C)ccc1F. The molecule has 4 heteroatoms. The predicted octanol–water partition coefficient (Wildman–Crippen LogP) is 2.33. The van der Waals surface area contributed by atoms with Crippen molar-refractivity contribution in [2.45, 2.75) is 26.8 Å². The van der Waals surface area contributed by atoms with Crippen LogP contribution in [0.5, 0.6) is 0 Å². The van der Waals surface area contributed by atoms with Crippen LogP contribution in [0.4, 0.5) is 4.39 Å². The number of esters is 1. The third-order valence-corrected chi connectivity index (χ3v) is 2.98. The molecule has 0 radical (unpaired) electrons. The van der Waals surface area contributed by atoms with Crippen molar-refractivity contribution in [1.82, 2.24) is 0 Å². The van der Waals surface area contributed by atoms with E-state index in [1.165, 1.54) is 13.2 Å². The van der Waals surface area contributed by atoms with E-state index in [0.717, 1.165) is 5.56 Å².